The van der Waals surface area contributed by atoms with Crippen molar-refractivity contribution in [2.45, 2.75) is 37.3 Å². The Hall–Kier alpha value is -0.680. The van der Waals surface area contributed by atoms with Gasteiger partial charge >= 0.3 is 0 Å². The maximum atomic E-state index is 11.1. The predicted molar refractivity (Wildman–Crippen MR) is 49.8 cm³/mol. The molecule has 0 aliphatic heterocycles. The molecule has 1 aliphatic rings. The Bertz CT molecular complexity index is 234. The van der Waals surface area contributed by atoms with Crippen LogP contribution in [0.15, 0.2) is 0 Å². The third-order valence-electron chi connectivity index (χ3n) is 2.61. The molecule has 0 bridgehead atoms. The van der Waals surface area contributed by atoms with Crippen LogP contribution in [0.2, 0.25) is 0 Å². The highest BCUT2D eigenvalue weighted by atomic mass is 35.5. The van der Waals surface area contributed by atoms with Crippen molar-refractivity contribution in [3.05, 3.63) is 10.1 Å². The fraction of sp³-hybridized carbons (Fsp3) is 0.875. The summed E-state index contributed by atoms with van der Waals surface area (Å²) in [4.78, 5) is 21.1. The van der Waals surface area contributed by atoms with Gasteiger partial charge < -0.3 is 5.11 Å². The minimum atomic E-state index is -1.20. The van der Waals surface area contributed by atoms with E-state index in [0.29, 0.717) is 6.42 Å². The van der Waals surface area contributed by atoms with Crippen LogP contribution in [0.25, 0.3) is 0 Å². The highest BCUT2D eigenvalue weighted by molar-refractivity contribution is 6.20. The number of hydrogen-bond donors (Lipinski definition) is 1. The molecule has 0 heterocycles. The molecule has 0 amide bonds. The monoisotopic (exact) mass is 221 g/mol. The summed E-state index contributed by atoms with van der Waals surface area (Å²) >= 11 is 5.79. The van der Waals surface area contributed by atoms with Crippen LogP contribution in [0.5, 0.6) is 0 Å². The molecule has 80 valence electrons. The first kappa shape index (κ1) is 11.4. The van der Waals surface area contributed by atoms with Crippen LogP contribution in [-0.4, -0.2) is 33.3 Å². The van der Waals surface area contributed by atoms with Crippen LogP contribution < -0.4 is 0 Å². The molecule has 4 atom stereocenters. The number of nitro groups is 1. The Morgan fingerprint density at radius 2 is 2.14 bits per heavy atom. The fourth-order valence-electron chi connectivity index (χ4n) is 1.80. The minimum Gasteiger partial charge on any atom is -0.385 e. The lowest BCUT2D eigenvalue weighted by Crippen LogP contribution is -2.48. The maximum absolute atomic E-state index is 11.1. The van der Waals surface area contributed by atoms with Crippen LogP contribution in [0.1, 0.15) is 19.8 Å². The number of hydrogen-bond acceptors (Lipinski definition) is 4. The average Bonchev–Trinajstić information content (AvgIpc) is 2.07. The van der Waals surface area contributed by atoms with Crippen molar-refractivity contribution in [1.82, 2.24) is 0 Å². The van der Waals surface area contributed by atoms with E-state index in [2.05, 4.69) is 0 Å². The van der Waals surface area contributed by atoms with E-state index in [9.17, 15) is 20.0 Å². The van der Waals surface area contributed by atoms with Crippen LogP contribution >= 0.6 is 11.6 Å². The topological polar surface area (TPSA) is 80.4 Å². The van der Waals surface area contributed by atoms with Crippen molar-refractivity contribution in [1.29, 1.82) is 0 Å². The van der Waals surface area contributed by atoms with Gasteiger partial charge in [-0.15, -0.1) is 11.6 Å². The average molecular weight is 222 g/mol. The van der Waals surface area contributed by atoms with E-state index in [-0.39, 0.29) is 12.2 Å². The second-order valence-electron chi connectivity index (χ2n) is 3.63. The largest absolute Gasteiger partial charge is 0.385 e. The number of halogens is 1. The molecular weight excluding hydrogens is 210 g/mol. The number of carbonyl (C=O) groups is 1. The van der Waals surface area contributed by atoms with Gasteiger partial charge in [-0.25, -0.2) is 0 Å². The van der Waals surface area contributed by atoms with E-state index in [4.69, 9.17) is 11.6 Å². The second-order valence-corrected chi connectivity index (χ2v) is 4.25. The van der Waals surface area contributed by atoms with E-state index in [1.54, 1.807) is 0 Å². The lowest BCUT2D eigenvalue weighted by molar-refractivity contribution is -0.539. The summed E-state index contributed by atoms with van der Waals surface area (Å²) in [5.41, 5.74) is 0. The molecule has 0 saturated heterocycles. The van der Waals surface area contributed by atoms with E-state index in [1.807, 2.05) is 0 Å². The van der Waals surface area contributed by atoms with Gasteiger partial charge in [0.05, 0.1) is 5.92 Å². The molecule has 0 radical (unpaired) electrons. The quantitative estimate of drug-likeness (QED) is 0.421. The summed E-state index contributed by atoms with van der Waals surface area (Å²) in [6.07, 6.45) is -0.750. The summed E-state index contributed by atoms with van der Waals surface area (Å²) in [6.45, 7) is 1.32. The Balaban J connectivity index is 2.80. The molecule has 1 N–H and O–H groups in total. The Morgan fingerprint density at radius 3 is 2.57 bits per heavy atom. The van der Waals surface area contributed by atoms with Gasteiger partial charge in [0.2, 0.25) is 6.04 Å². The van der Waals surface area contributed by atoms with Crippen molar-refractivity contribution in [3.63, 3.8) is 0 Å². The fourth-order valence-corrected chi connectivity index (χ4v) is 2.17. The number of ketones is 1. The molecule has 14 heavy (non-hydrogen) atoms. The zero-order valence-corrected chi connectivity index (χ0v) is 8.48. The van der Waals surface area contributed by atoms with Crippen molar-refractivity contribution >= 4 is 17.4 Å². The molecule has 0 spiro atoms. The second kappa shape index (κ2) is 4.23. The molecular formula is C8H12ClNO4. The lowest BCUT2D eigenvalue weighted by atomic mass is 9.81. The van der Waals surface area contributed by atoms with Gasteiger partial charge in [-0.05, 0) is 13.3 Å². The van der Waals surface area contributed by atoms with E-state index < -0.39 is 28.4 Å². The molecule has 1 saturated carbocycles. The highest BCUT2D eigenvalue weighted by Gasteiger charge is 2.44. The molecule has 4 unspecified atom stereocenters. The minimum absolute atomic E-state index is 0.125. The van der Waals surface area contributed by atoms with Gasteiger partial charge in [0.25, 0.3) is 0 Å². The number of aliphatic hydroxyl groups excluding tert-OH is 1. The standard InChI is InChI=1S/C8H12ClNO4/c1-4(11)6-2-5(9)3-7(8(6)12)10(13)14/h5-8,12H,2-3H2,1H3. The van der Waals surface area contributed by atoms with E-state index >= 15 is 0 Å². The summed E-state index contributed by atoms with van der Waals surface area (Å²) in [5, 5.41) is 19.7. The molecule has 1 rings (SSSR count). The number of rotatable bonds is 2. The third-order valence-corrected chi connectivity index (χ3v) is 2.96. The zero-order valence-electron chi connectivity index (χ0n) is 7.72. The van der Waals surface area contributed by atoms with Gasteiger partial charge in [0, 0.05) is 16.7 Å². The Kier molecular flexibility index (Phi) is 3.44. The molecule has 1 fully saturated rings. The smallest absolute Gasteiger partial charge is 0.240 e. The first-order valence-corrected chi connectivity index (χ1v) is 4.83. The number of aliphatic hydroxyl groups is 1. The zero-order chi connectivity index (χ0) is 10.9. The van der Waals surface area contributed by atoms with Gasteiger partial charge in [-0.2, -0.15) is 0 Å². The maximum Gasteiger partial charge on any atom is 0.240 e. The number of carbonyl (C=O) groups excluding carboxylic acids is 1. The number of Topliss-reactive ketones (excluding diaryl/α,β-unsaturated/α-hetero) is 1. The Labute approximate surface area is 86.2 Å². The molecule has 6 heteroatoms. The van der Waals surface area contributed by atoms with Crippen LogP contribution in [-0.2, 0) is 4.79 Å². The van der Waals surface area contributed by atoms with E-state index in [1.165, 1.54) is 6.92 Å². The van der Waals surface area contributed by atoms with Gasteiger partial charge in [-0.3, -0.25) is 14.9 Å². The van der Waals surface area contributed by atoms with E-state index in [0.717, 1.165) is 0 Å². The molecule has 0 aromatic rings. The molecule has 1 aliphatic carbocycles. The Morgan fingerprint density at radius 1 is 1.57 bits per heavy atom. The van der Waals surface area contributed by atoms with Crippen LogP contribution in [0, 0.1) is 16.0 Å². The van der Waals surface area contributed by atoms with Crippen molar-refractivity contribution in [2.24, 2.45) is 5.92 Å². The van der Waals surface area contributed by atoms with Crippen LogP contribution in [0.4, 0.5) is 0 Å². The van der Waals surface area contributed by atoms with Gasteiger partial charge in [0.1, 0.15) is 11.9 Å². The van der Waals surface area contributed by atoms with Crippen molar-refractivity contribution < 1.29 is 14.8 Å². The first-order valence-electron chi connectivity index (χ1n) is 4.39. The van der Waals surface area contributed by atoms with Crippen molar-refractivity contribution in [2.75, 3.05) is 0 Å². The summed E-state index contributed by atoms with van der Waals surface area (Å²) in [6, 6.07) is -1.11. The normalized spacial score (nSPS) is 37.9. The first-order chi connectivity index (χ1) is 6.43. The summed E-state index contributed by atoms with van der Waals surface area (Å²) in [5.74, 6) is -0.934. The predicted octanol–water partition coefficient (Wildman–Crippen LogP) is 0.599. The van der Waals surface area contributed by atoms with Gasteiger partial charge in [0.15, 0.2) is 0 Å². The highest BCUT2D eigenvalue weighted by Crippen LogP contribution is 2.30. The molecule has 0 aromatic heterocycles. The SMILES string of the molecule is CC(=O)C1CC(Cl)CC([N+](=O)[O-])C1O. The lowest BCUT2D eigenvalue weighted by Gasteiger charge is -2.30. The number of alkyl halides is 1. The third kappa shape index (κ3) is 2.22. The van der Waals surface area contributed by atoms with Crippen LogP contribution in [0.3, 0.4) is 0 Å². The summed E-state index contributed by atoms with van der Waals surface area (Å²) < 4.78 is 0. The molecule has 0 aromatic carbocycles. The van der Waals surface area contributed by atoms with Gasteiger partial charge in [-0.1, -0.05) is 0 Å². The summed E-state index contributed by atoms with van der Waals surface area (Å²) in [7, 11) is 0. The van der Waals surface area contributed by atoms with Crippen molar-refractivity contribution in [3.8, 4) is 0 Å². The molecule has 5 nitrogen and oxygen atoms in total. The number of nitrogens with zero attached hydrogens (tertiary/aromatic N) is 1.